The number of hydrogen-bond donors (Lipinski definition) is 1. The third-order valence-corrected chi connectivity index (χ3v) is 15.3. The lowest BCUT2D eigenvalue weighted by Crippen LogP contribution is -2.67. The van der Waals surface area contributed by atoms with E-state index in [9.17, 15) is 19.5 Å². The monoisotopic (exact) mass is 688 g/mol. The van der Waals surface area contributed by atoms with Gasteiger partial charge in [0.2, 0.25) is 0 Å². The van der Waals surface area contributed by atoms with Crippen LogP contribution in [-0.4, -0.2) is 59.1 Å². The molecule has 5 aliphatic rings. The second-order valence-electron chi connectivity index (χ2n) is 18.9. The van der Waals surface area contributed by atoms with Crippen molar-refractivity contribution in [2.24, 2.45) is 45.3 Å². The molecule has 4 aliphatic carbocycles. The molecule has 1 saturated heterocycles. The predicted molar refractivity (Wildman–Crippen MR) is 188 cm³/mol. The Bertz CT molecular complexity index is 1240. The molecule has 0 amide bonds. The minimum absolute atomic E-state index is 0.0267. The summed E-state index contributed by atoms with van der Waals surface area (Å²) in [7, 11) is 0. The zero-order chi connectivity index (χ0) is 36.2. The highest BCUT2D eigenvalue weighted by molar-refractivity contribution is 5.91. The molecule has 5 rings (SSSR count). The topological polar surface area (TPSA) is 108 Å². The highest BCUT2D eigenvalue weighted by Gasteiger charge is 2.72. The maximum absolute atomic E-state index is 13.0. The lowest BCUT2D eigenvalue weighted by molar-refractivity contribution is -0.254. The Labute approximate surface area is 296 Å². The highest BCUT2D eigenvalue weighted by Crippen LogP contribution is 2.76. The molecule has 4 saturated carbocycles. The Morgan fingerprint density at radius 2 is 1.51 bits per heavy atom. The van der Waals surface area contributed by atoms with Crippen LogP contribution in [0.4, 0.5) is 0 Å². The van der Waals surface area contributed by atoms with Crippen molar-refractivity contribution in [2.75, 3.05) is 6.61 Å². The largest absolute Gasteiger partial charge is 0.465 e. The first-order valence-electron chi connectivity index (χ1n) is 19.7. The van der Waals surface area contributed by atoms with Crippen LogP contribution in [0, 0.1) is 45.3 Å². The van der Waals surface area contributed by atoms with Crippen molar-refractivity contribution in [3.63, 3.8) is 0 Å². The van der Waals surface area contributed by atoms with Crippen LogP contribution in [0.25, 0.3) is 0 Å². The second-order valence-corrected chi connectivity index (χ2v) is 18.9. The van der Waals surface area contributed by atoms with Crippen molar-refractivity contribution in [1.82, 2.24) is 0 Å². The van der Waals surface area contributed by atoms with Gasteiger partial charge < -0.3 is 24.1 Å². The van der Waals surface area contributed by atoms with E-state index in [2.05, 4.69) is 48.5 Å². The molecule has 0 unspecified atom stereocenters. The Hall–Kier alpha value is -1.67. The molecule has 0 radical (unpaired) electrons. The van der Waals surface area contributed by atoms with Crippen LogP contribution in [0.5, 0.6) is 0 Å². The molecule has 1 N–H and O–H groups in total. The number of carbonyl (C=O) groups excluding carboxylic acids is 3. The minimum atomic E-state index is -0.900. The fraction of sp³-hybridized carbons (Fsp3) is 0.927. The van der Waals surface area contributed by atoms with Crippen LogP contribution in [0.15, 0.2) is 0 Å². The van der Waals surface area contributed by atoms with Gasteiger partial charge in [0.15, 0.2) is 0 Å². The third-order valence-electron chi connectivity index (χ3n) is 15.3. The molecule has 5 fully saturated rings. The number of esters is 3. The molecule has 0 aromatic rings. The molecule has 11 atom stereocenters. The van der Waals surface area contributed by atoms with Gasteiger partial charge in [0.1, 0.15) is 18.6 Å². The molecule has 0 aromatic carbocycles. The Morgan fingerprint density at radius 3 is 2.14 bits per heavy atom. The van der Waals surface area contributed by atoms with E-state index in [0.29, 0.717) is 18.4 Å². The fourth-order valence-corrected chi connectivity index (χ4v) is 12.6. The Kier molecular flexibility index (Phi) is 10.8. The summed E-state index contributed by atoms with van der Waals surface area (Å²) < 4.78 is 24.6. The van der Waals surface area contributed by atoms with Gasteiger partial charge in [-0.05, 0) is 119 Å². The standard InChI is InChI=1S/C41H68O8/c1-11-12-13-14-23-46-33(43)25-34(44)48-31-17-19-38(7)29(36(31,3)4)16-21-39(8)30(38)24-28(47-26(2)42)35-27(15-20-40(35,39)9)41(10)22-18-32(49-41)37(5,6)45/h27-32,35,45H,11-25H2,1-10H3/t27-,28+,29-,30+,31+,32+,35-,38-,39+,40+,41-/m0/s1. The molecular formula is C41H68O8. The summed E-state index contributed by atoms with van der Waals surface area (Å²) in [6.45, 7) is 21.9. The van der Waals surface area contributed by atoms with Gasteiger partial charge in [-0.2, -0.15) is 0 Å². The molecule has 8 nitrogen and oxygen atoms in total. The van der Waals surface area contributed by atoms with E-state index in [1.807, 2.05) is 13.8 Å². The molecule has 0 spiro atoms. The van der Waals surface area contributed by atoms with Gasteiger partial charge in [-0.25, -0.2) is 0 Å². The highest BCUT2D eigenvalue weighted by atomic mass is 16.6. The lowest BCUT2D eigenvalue weighted by atomic mass is 9.35. The molecule has 280 valence electrons. The van der Waals surface area contributed by atoms with Crippen LogP contribution < -0.4 is 0 Å². The summed E-state index contributed by atoms with van der Waals surface area (Å²) in [6.07, 6.45) is 11.5. The minimum Gasteiger partial charge on any atom is -0.465 e. The first-order chi connectivity index (χ1) is 22.7. The molecule has 8 heteroatoms. The molecule has 1 aliphatic heterocycles. The Balaban J connectivity index is 1.35. The van der Waals surface area contributed by atoms with Crippen LogP contribution in [0.2, 0.25) is 0 Å². The van der Waals surface area contributed by atoms with Gasteiger partial charge in [-0.1, -0.05) is 60.8 Å². The fourth-order valence-electron chi connectivity index (χ4n) is 12.6. The zero-order valence-electron chi connectivity index (χ0n) is 32.5. The Morgan fingerprint density at radius 1 is 0.816 bits per heavy atom. The van der Waals surface area contributed by atoms with Crippen LogP contribution in [0.3, 0.4) is 0 Å². The molecule has 0 aromatic heterocycles. The van der Waals surface area contributed by atoms with E-state index in [0.717, 1.165) is 83.5 Å². The van der Waals surface area contributed by atoms with Gasteiger partial charge in [-0.15, -0.1) is 0 Å². The number of rotatable bonds is 11. The van der Waals surface area contributed by atoms with Crippen molar-refractivity contribution >= 4 is 17.9 Å². The summed E-state index contributed by atoms with van der Waals surface area (Å²) in [5, 5.41) is 10.8. The summed E-state index contributed by atoms with van der Waals surface area (Å²) in [5.74, 6) is -0.141. The van der Waals surface area contributed by atoms with Gasteiger partial charge in [0.25, 0.3) is 0 Å². The normalized spacial score (nSPS) is 42.8. The summed E-state index contributed by atoms with van der Waals surface area (Å²) >= 11 is 0. The average molecular weight is 689 g/mol. The first-order valence-corrected chi connectivity index (χ1v) is 19.7. The van der Waals surface area contributed by atoms with Gasteiger partial charge in [-0.3, -0.25) is 14.4 Å². The summed E-state index contributed by atoms with van der Waals surface area (Å²) in [5.41, 5.74) is -1.58. The van der Waals surface area contributed by atoms with Crippen LogP contribution in [-0.2, 0) is 33.3 Å². The van der Waals surface area contributed by atoms with Crippen molar-refractivity contribution in [3.05, 3.63) is 0 Å². The first kappa shape index (κ1) is 38.6. The number of unbranched alkanes of at least 4 members (excludes halogenated alkanes) is 3. The molecule has 49 heavy (non-hydrogen) atoms. The summed E-state index contributed by atoms with van der Waals surface area (Å²) in [6, 6.07) is 0. The predicted octanol–water partition coefficient (Wildman–Crippen LogP) is 8.35. The van der Waals surface area contributed by atoms with E-state index in [1.54, 1.807) is 6.92 Å². The van der Waals surface area contributed by atoms with Crippen molar-refractivity contribution in [1.29, 1.82) is 0 Å². The van der Waals surface area contributed by atoms with Crippen LogP contribution in [0.1, 0.15) is 159 Å². The average Bonchev–Trinajstić information content (AvgIpc) is 3.58. The maximum Gasteiger partial charge on any atom is 0.317 e. The summed E-state index contributed by atoms with van der Waals surface area (Å²) in [4.78, 5) is 38.2. The van der Waals surface area contributed by atoms with E-state index >= 15 is 0 Å². The second kappa shape index (κ2) is 13.7. The van der Waals surface area contributed by atoms with Crippen molar-refractivity contribution in [2.45, 2.75) is 189 Å². The van der Waals surface area contributed by atoms with Gasteiger partial charge in [0.05, 0.1) is 23.9 Å². The van der Waals surface area contributed by atoms with Crippen molar-refractivity contribution in [3.8, 4) is 0 Å². The molecule has 0 bridgehead atoms. The third kappa shape index (κ3) is 6.84. The van der Waals surface area contributed by atoms with Gasteiger partial charge in [0, 0.05) is 18.3 Å². The number of ether oxygens (including phenoxy) is 4. The maximum atomic E-state index is 13.0. The smallest absolute Gasteiger partial charge is 0.317 e. The van der Waals surface area contributed by atoms with E-state index in [1.165, 1.54) is 0 Å². The quantitative estimate of drug-likeness (QED) is 0.0999. The molecule has 1 heterocycles. The number of carbonyl (C=O) groups is 3. The SMILES string of the molecule is CCCCCCOC(=O)CC(=O)O[C@@H]1CC[C@]2(C)[C@H]3C[C@@H](OC(C)=O)[C@@H]4[C@@H]([C@]5(C)CC[C@H](C(C)(C)O)O5)CC[C@@]4(C)[C@]3(C)CC[C@H]2C1(C)C. The van der Waals surface area contributed by atoms with Crippen molar-refractivity contribution < 1.29 is 38.4 Å². The number of aliphatic hydroxyl groups is 1. The zero-order valence-corrected chi connectivity index (χ0v) is 32.5. The molecular weight excluding hydrogens is 620 g/mol. The number of hydrogen-bond acceptors (Lipinski definition) is 8. The van der Waals surface area contributed by atoms with Crippen LogP contribution >= 0.6 is 0 Å². The lowest BCUT2D eigenvalue weighted by Gasteiger charge is -2.70. The number of fused-ring (bicyclic) bond motifs is 5. The van der Waals surface area contributed by atoms with Gasteiger partial charge >= 0.3 is 17.9 Å². The van der Waals surface area contributed by atoms with E-state index < -0.39 is 17.5 Å². The van der Waals surface area contributed by atoms with E-state index in [4.69, 9.17) is 18.9 Å². The van der Waals surface area contributed by atoms with E-state index in [-0.39, 0.29) is 69.8 Å².